The van der Waals surface area contributed by atoms with Crippen LogP contribution in [0.4, 0.5) is 4.79 Å². The number of hydrogen-bond acceptors (Lipinski definition) is 3. The summed E-state index contributed by atoms with van der Waals surface area (Å²) in [6, 6.07) is 0. The molecule has 0 unspecified atom stereocenters. The van der Waals surface area contributed by atoms with Crippen molar-refractivity contribution >= 4 is 12.1 Å². The van der Waals surface area contributed by atoms with Gasteiger partial charge in [0.25, 0.3) is 0 Å². The smallest absolute Gasteiger partial charge is 0.410 e. The van der Waals surface area contributed by atoms with E-state index in [1.807, 2.05) is 6.92 Å². The van der Waals surface area contributed by atoms with Crippen LogP contribution in [-0.2, 0) is 9.53 Å². The van der Waals surface area contributed by atoms with Crippen molar-refractivity contribution in [2.24, 2.45) is 11.8 Å². The summed E-state index contributed by atoms with van der Waals surface area (Å²) in [5.41, 5.74) is 0. The molecule has 16 heavy (non-hydrogen) atoms. The number of ether oxygens (including phenoxy) is 1. The molecule has 1 rings (SSSR count). The van der Waals surface area contributed by atoms with E-state index in [0.29, 0.717) is 13.0 Å². The molecule has 5 nitrogen and oxygen atoms in total. The van der Waals surface area contributed by atoms with Gasteiger partial charge in [-0.05, 0) is 12.3 Å². The van der Waals surface area contributed by atoms with Crippen molar-refractivity contribution in [1.29, 1.82) is 0 Å². The SMILES string of the molecule is C=CCOC(=O)N1CC[C@@H](C)[C@@H](C(=O)O)C1. The van der Waals surface area contributed by atoms with Crippen LogP contribution in [0.1, 0.15) is 13.3 Å². The molecule has 1 saturated heterocycles. The van der Waals surface area contributed by atoms with Gasteiger partial charge in [0, 0.05) is 13.1 Å². The summed E-state index contributed by atoms with van der Waals surface area (Å²) in [5, 5.41) is 8.99. The highest BCUT2D eigenvalue weighted by atomic mass is 16.6. The Labute approximate surface area is 94.7 Å². The number of carbonyl (C=O) groups is 2. The Balaban J connectivity index is 2.54. The molecule has 0 spiro atoms. The maximum atomic E-state index is 11.5. The normalized spacial score (nSPS) is 24.9. The van der Waals surface area contributed by atoms with Gasteiger partial charge >= 0.3 is 12.1 Å². The number of amides is 1. The maximum Gasteiger partial charge on any atom is 0.410 e. The first-order valence-electron chi connectivity index (χ1n) is 5.31. The van der Waals surface area contributed by atoms with E-state index in [4.69, 9.17) is 9.84 Å². The van der Waals surface area contributed by atoms with Gasteiger partial charge in [0.05, 0.1) is 5.92 Å². The van der Waals surface area contributed by atoms with Crippen LogP contribution in [0.2, 0.25) is 0 Å². The monoisotopic (exact) mass is 227 g/mol. The number of carboxylic acid groups (broad SMARTS) is 1. The summed E-state index contributed by atoms with van der Waals surface area (Å²) in [7, 11) is 0. The minimum Gasteiger partial charge on any atom is -0.481 e. The molecule has 0 bridgehead atoms. The number of piperidine rings is 1. The van der Waals surface area contributed by atoms with Crippen molar-refractivity contribution in [2.75, 3.05) is 19.7 Å². The fourth-order valence-electron chi connectivity index (χ4n) is 1.78. The highest BCUT2D eigenvalue weighted by Crippen LogP contribution is 2.23. The third kappa shape index (κ3) is 2.98. The minimum absolute atomic E-state index is 0.0981. The summed E-state index contributed by atoms with van der Waals surface area (Å²) in [6.45, 7) is 6.28. The molecule has 5 heteroatoms. The summed E-state index contributed by atoms with van der Waals surface area (Å²) < 4.78 is 4.87. The summed E-state index contributed by atoms with van der Waals surface area (Å²) in [6.07, 6.45) is 1.72. The van der Waals surface area contributed by atoms with Gasteiger partial charge in [0.2, 0.25) is 0 Å². The molecule has 1 aliphatic heterocycles. The summed E-state index contributed by atoms with van der Waals surface area (Å²) >= 11 is 0. The van der Waals surface area contributed by atoms with Crippen LogP contribution < -0.4 is 0 Å². The third-order valence-electron chi connectivity index (χ3n) is 2.86. The van der Waals surface area contributed by atoms with Gasteiger partial charge in [0.15, 0.2) is 0 Å². The molecule has 2 atom stereocenters. The lowest BCUT2D eigenvalue weighted by atomic mass is 9.87. The highest BCUT2D eigenvalue weighted by molar-refractivity contribution is 5.73. The average molecular weight is 227 g/mol. The van der Waals surface area contributed by atoms with Crippen molar-refractivity contribution in [3.63, 3.8) is 0 Å². The van der Waals surface area contributed by atoms with Gasteiger partial charge in [-0.25, -0.2) is 4.79 Å². The third-order valence-corrected chi connectivity index (χ3v) is 2.86. The predicted octanol–water partition coefficient (Wildman–Crippen LogP) is 1.35. The lowest BCUT2D eigenvalue weighted by molar-refractivity contribution is -0.145. The molecular weight excluding hydrogens is 210 g/mol. The van der Waals surface area contributed by atoms with Crippen LogP contribution in [0.5, 0.6) is 0 Å². The Bertz CT molecular complexity index is 290. The van der Waals surface area contributed by atoms with E-state index in [9.17, 15) is 9.59 Å². The first-order valence-corrected chi connectivity index (χ1v) is 5.31. The van der Waals surface area contributed by atoms with Gasteiger partial charge in [0.1, 0.15) is 6.61 Å². The molecule has 1 aliphatic rings. The standard InChI is InChI=1S/C11H17NO4/c1-3-6-16-11(15)12-5-4-8(2)9(7-12)10(13)14/h3,8-9H,1,4-7H2,2H3,(H,13,14)/t8-,9+/m1/s1. The number of carboxylic acids is 1. The second kappa shape index (κ2) is 5.53. The van der Waals surface area contributed by atoms with Crippen molar-refractivity contribution in [3.05, 3.63) is 12.7 Å². The quantitative estimate of drug-likeness (QED) is 0.739. The van der Waals surface area contributed by atoms with Gasteiger partial charge in [-0.15, -0.1) is 0 Å². The molecule has 0 radical (unpaired) electrons. The molecular formula is C11H17NO4. The molecule has 0 aromatic rings. The zero-order chi connectivity index (χ0) is 12.1. The molecule has 0 aliphatic carbocycles. The van der Waals surface area contributed by atoms with Crippen LogP contribution in [0, 0.1) is 11.8 Å². The number of hydrogen-bond donors (Lipinski definition) is 1. The summed E-state index contributed by atoms with van der Waals surface area (Å²) in [5.74, 6) is -1.25. The van der Waals surface area contributed by atoms with Gasteiger partial charge in [-0.2, -0.15) is 0 Å². The van der Waals surface area contributed by atoms with Gasteiger partial charge in [-0.3, -0.25) is 4.79 Å². The molecule has 90 valence electrons. The van der Waals surface area contributed by atoms with Crippen molar-refractivity contribution in [3.8, 4) is 0 Å². The Kier molecular flexibility index (Phi) is 4.34. The van der Waals surface area contributed by atoms with Gasteiger partial charge < -0.3 is 14.7 Å². The van der Waals surface area contributed by atoms with Gasteiger partial charge in [-0.1, -0.05) is 19.6 Å². The van der Waals surface area contributed by atoms with E-state index in [1.54, 1.807) is 0 Å². The predicted molar refractivity (Wildman–Crippen MR) is 58.0 cm³/mol. The Morgan fingerprint density at radius 1 is 1.62 bits per heavy atom. The lowest BCUT2D eigenvalue weighted by Gasteiger charge is -2.34. The molecule has 1 fully saturated rings. The number of rotatable bonds is 3. The molecule has 1 amide bonds. The van der Waals surface area contributed by atoms with E-state index >= 15 is 0 Å². The van der Waals surface area contributed by atoms with E-state index in [-0.39, 0.29) is 19.1 Å². The van der Waals surface area contributed by atoms with E-state index in [0.717, 1.165) is 0 Å². The second-order valence-corrected chi connectivity index (χ2v) is 4.02. The topological polar surface area (TPSA) is 66.8 Å². The van der Waals surface area contributed by atoms with Crippen molar-refractivity contribution in [1.82, 2.24) is 4.90 Å². The van der Waals surface area contributed by atoms with E-state index in [2.05, 4.69) is 6.58 Å². The van der Waals surface area contributed by atoms with E-state index in [1.165, 1.54) is 11.0 Å². The average Bonchev–Trinajstić information content (AvgIpc) is 2.26. The minimum atomic E-state index is -0.853. The molecule has 0 aromatic carbocycles. The van der Waals surface area contributed by atoms with Crippen LogP contribution >= 0.6 is 0 Å². The Hall–Kier alpha value is -1.52. The van der Waals surface area contributed by atoms with Crippen LogP contribution in [0.3, 0.4) is 0 Å². The second-order valence-electron chi connectivity index (χ2n) is 4.02. The molecule has 0 aromatic heterocycles. The maximum absolute atomic E-state index is 11.5. The Morgan fingerprint density at radius 3 is 2.88 bits per heavy atom. The van der Waals surface area contributed by atoms with Crippen molar-refractivity contribution in [2.45, 2.75) is 13.3 Å². The molecule has 1 heterocycles. The number of aliphatic carboxylic acids is 1. The molecule has 0 saturated carbocycles. The van der Waals surface area contributed by atoms with Crippen LogP contribution in [-0.4, -0.2) is 41.8 Å². The van der Waals surface area contributed by atoms with Crippen molar-refractivity contribution < 1.29 is 19.4 Å². The number of carbonyl (C=O) groups excluding carboxylic acids is 1. The highest BCUT2D eigenvalue weighted by Gasteiger charge is 2.33. The largest absolute Gasteiger partial charge is 0.481 e. The first kappa shape index (κ1) is 12.5. The summed E-state index contributed by atoms with van der Waals surface area (Å²) in [4.78, 5) is 23.9. The fourth-order valence-corrected chi connectivity index (χ4v) is 1.78. The van der Waals surface area contributed by atoms with E-state index < -0.39 is 18.0 Å². The first-order chi connectivity index (χ1) is 7.56. The zero-order valence-corrected chi connectivity index (χ0v) is 9.39. The molecule has 1 N–H and O–H groups in total. The van der Waals surface area contributed by atoms with Crippen LogP contribution in [0.15, 0.2) is 12.7 Å². The Morgan fingerprint density at radius 2 is 2.31 bits per heavy atom. The number of likely N-dealkylation sites (tertiary alicyclic amines) is 1. The van der Waals surface area contributed by atoms with Crippen LogP contribution in [0.25, 0.3) is 0 Å². The lowest BCUT2D eigenvalue weighted by Crippen LogP contribution is -2.46. The zero-order valence-electron chi connectivity index (χ0n) is 9.39. The number of nitrogens with zero attached hydrogens (tertiary/aromatic N) is 1. The fraction of sp³-hybridized carbons (Fsp3) is 0.636.